The quantitative estimate of drug-likeness (QED) is 0.437. The largest absolute Gasteiger partial charge is 0.497 e. The number of hydrogen-bond acceptors (Lipinski definition) is 1. The molecule has 27 heavy (non-hydrogen) atoms. The smallest absolute Gasteiger partial charge is 0.118 e. The predicted octanol–water partition coefficient (Wildman–Crippen LogP) is 6.87. The fourth-order valence-corrected chi connectivity index (χ4v) is 3.98. The highest BCUT2D eigenvalue weighted by Crippen LogP contribution is 2.43. The predicted molar refractivity (Wildman–Crippen MR) is 115 cm³/mol. The van der Waals surface area contributed by atoms with Crippen LogP contribution in [0.5, 0.6) is 5.75 Å². The SMILES string of the molecule is CCC(c1ccc(C)cc1)(c1ccc(OC)cc1)c1ccc(C(C)C)cc1. The Bertz CT molecular complexity index is 858. The van der Waals surface area contributed by atoms with E-state index in [2.05, 4.69) is 100 Å². The molecule has 0 heterocycles. The van der Waals surface area contributed by atoms with Gasteiger partial charge in [-0.3, -0.25) is 0 Å². The molecule has 0 radical (unpaired) electrons. The van der Waals surface area contributed by atoms with E-state index in [-0.39, 0.29) is 5.41 Å². The van der Waals surface area contributed by atoms with Crippen molar-refractivity contribution in [3.8, 4) is 5.75 Å². The zero-order valence-electron chi connectivity index (χ0n) is 17.1. The van der Waals surface area contributed by atoms with Crippen LogP contribution < -0.4 is 4.74 Å². The molecule has 0 aliphatic carbocycles. The second-order valence-electron chi connectivity index (χ2n) is 7.63. The Balaban J connectivity index is 2.21. The Labute approximate surface area is 164 Å². The van der Waals surface area contributed by atoms with Crippen molar-refractivity contribution in [2.75, 3.05) is 7.11 Å². The van der Waals surface area contributed by atoms with Crippen LogP contribution in [-0.4, -0.2) is 7.11 Å². The van der Waals surface area contributed by atoms with Crippen LogP contribution in [0.3, 0.4) is 0 Å². The van der Waals surface area contributed by atoms with Crippen molar-refractivity contribution in [2.45, 2.75) is 45.4 Å². The highest BCUT2D eigenvalue weighted by Gasteiger charge is 2.34. The first-order valence-electron chi connectivity index (χ1n) is 9.83. The van der Waals surface area contributed by atoms with E-state index in [4.69, 9.17) is 4.74 Å². The first-order chi connectivity index (χ1) is 13.0. The van der Waals surface area contributed by atoms with E-state index in [0.717, 1.165) is 12.2 Å². The summed E-state index contributed by atoms with van der Waals surface area (Å²) in [6.07, 6.45) is 0.989. The van der Waals surface area contributed by atoms with Crippen molar-refractivity contribution in [3.63, 3.8) is 0 Å². The minimum atomic E-state index is -0.171. The van der Waals surface area contributed by atoms with Crippen molar-refractivity contribution in [1.29, 1.82) is 0 Å². The summed E-state index contributed by atoms with van der Waals surface area (Å²) < 4.78 is 5.38. The summed E-state index contributed by atoms with van der Waals surface area (Å²) in [6.45, 7) is 8.90. The molecular weight excluding hydrogens is 328 g/mol. The summed E-state index contributed by atoms with van der Waals surface area (Å²) in [5, 5.41) is 0. The fraction of sp³-hybridized carbons (Fsp3) is 0.308. The molecule has 0 saturated heterocycles. The van der Waals surface area contributed by atoms with Gasteiger partial charge in [0.15, 0.2) is 0 Å². The molecule has 0 saturated carbocycles. The average Bonchev–Trinajstić information content (AvgIpc) is 2.71. The Morgan fingerprint density at radius 3 is 1.59 bits per heavy atom. The third kappa shape index (κ3) is 3.64. The van der Waals surface area contributed by atoms with Crippen LogP contribution in [0, 0.1) is 6.92 Å². The third-order valence-corrected chi connectivity index (χ3v) is 5.73. The van der Waals surface area contributed by atoms with E-state index in [0.29, 0.717) is 5.92 Å². The number of benzene rings is 3. The molecule has 0 spiro atoms. The summed E-state index contributed by atoms with van der Waals surface area (Å²) >= 11 is 0. The van der Waals surface area contributed by atoms with Crippen LogP contribution in [0.15, 0.2) is 72.8 Å². The molecule has 1 nitrogen and oxygen atoms in total. The van der Waals surface area contributed by atoms with Gasteiger partial charge in [0.05, 0.1) is 7.11 Å². The van der Waals surface area contributed by atoms with Crippen molar-refractivity contribution < 1.29 is 4.74 Å². The highest BCUT2D eigenvalue weighted by molar-refractivity contribution is 5.52. The molecule has 0 amide bonds. The van der Waals surface area contributed by atoms with Crippen molar-refractivity contribution in [3.05, 3.63) is 101 Å². The normalized spacial score (nSPS) is 13.4. The molecule has 1 heteroatoms. The molecule has 0 bridgehead atoms. The van der Waals surface area contributed by atoms with Gasteiger partial charge >= 0.3 is 0 Å². The molecule has 0 aliphatic heterocycles. The standard InChI is InChI=1S/C26H30O/c1-6-26(22-11-7-20(4)8-12-22,24-15-17-25(27-5)18-16-24)23-13-9-21(10-14-23)19(2)3/h7-19H,6H2,1-5H3. The highest BCUT2D eigenvalue weighted by atomic mass is 16.5. The van der Waals surface area contributed by atoms with Crippen molar-refractivity contribution in [1.82, 2.24) is 0 Å². The van der Waals surface area contributed by atoms with E-state index < -0.39 is 0 Å². The average molecular weight is 359 g/mol. The van der Waals surface area contributed by atoms with Crippen LogP contribution >= 0.6 is 0 Å². The van der Waals surface area contributed by atoms with E-state index in [1.807, 2.05) is 0 Å². The Morgan fingerprint density at radius 1 is 0.741 bits per heavy atom. The van der Waals surface area contributed by atoms with Gasteiger partial charge in [0.2, 0.25) is 0 Å². The molecule has 0 N–H and O–H groups in total. The summed E-state index contributed by atoms with van der Waals surface area (Å²) in [6, 6.07) is 26.7. The van der Waals surface area contributed by atoms with Crippen molar-refractivity contribution in [2.24, 2.45) is 0 Å². The summed E-state index contributed by atoms with van der Waals surface area (Å²) in [4.78, 5) is 0. The maximum Gasteiger partial charge on any atom is 0.118 e. The minimum absolute atomic E-state index is 0.171. The molecule has 140 valence electrons. The lowest BCUT2D eigenvalue weighted by Gasteiger charge is -2.35. The Kier molecular flexibility index (Phi) is 5.70. The van der Waals surface area contributed by atoms with Crippen LogP contribution in [0.4, 0.5) is 0 Å². The molecule has 3 aromatic rings. The van der Waals surface area contributed by atoms with E-state index >= 15 is 0 Å². The van der Waals surface area contributed by atoms with Crippen LogP contribution in [0.2, 0.25) is 0 Å². The monoisotopic (exact) mass is 358 g/mol. The Morgan fingerprint density at radius 2 is 1.19 bits per heavy atom. The molecule has 0 aromatic heterocycles. The number of aryl methyl sites for hydroxylation is 1. The summed E-state index contributed by atoms with van der Waals surface area (Å²) in [7, 11) is 1.71. The second kappa shape index (κ2) is 8.00. The maximum atomic E-state index is 5.38. The molecule has 3 rings (SSSR count). The third-order valence-electron chi connectivity index (χ3n) is 5.73. The lowest BCUT2D eigenvalue weighted by molar-refractivity contribution is 0.414. The van der Waals surface area contributed by atoms with Crippen LogP contribution in [0.1, 0.15) is 60.9 Å². The topological polar surface area (TPSA) is 9.23 Å². The first-order valence-corrected chi connectivity index (χ1v) is 9.83. The Hall–Kier alpha value is -2.54. The van der Waals surface area contributed by atoms with Gasteiger partial charge in [-0.15, -0.1) is 0 Å². The molecule has 1 unspecified atom stereocenters. The van der Waals surface area contributed by atoms with E-state index in [1.54, 1.807) is 7.11 Å². The van der Waals surface area contributed by atoms with Crippen LogP contribution in [0.25, 0.3) is 0 Å². The minimum Gasteiger partial charge on any atom is -0.497 e. The molecular formula is C26H30O. The molecule has 3 aromatic carbocycles. The zero-order chi connectivity index (χ0) is 19.4. The number of hydrogen-bond donors (Lipinski definition) is 0. The number of methoxy groups -OCH3 is 1. The lowest BCUT2D eigenvalue weighted by atomic mass is 9.67. The first kappa shape index (κ1) is 19.2. The van der Waals surface area contributed by atoms with Gasteiger partial charge < -0.3 is 4.74 Å². The van der Waals surface area contributed by atoms with Crippen LogP contribution in [-0.2, 0) is 5.41 Å². The fourth-order valence-electron chi connectivity index (χ4n) is 3.98. The van der Waals surface area contributed by atoms with Gasteiger partial charge in [-0.05, 0) is 53.6 Å². The van der Waals surface area contributed by atoms with E-state index in [9.17, 15) is 0 Å². The zero-order valence-corrected chi connectivity index (χ0v) is 17.1. The summed E-state index contributed by atoms with van der Waals surface area (Å²) in [5.74, 6) is 1.43. The van der Waals surface area contributed by atoms with Gasteiger partial charge in [-0.2, -0.15) is 0 Å². The van der Waals surface area contributed by atoms with Gasteiger partial charge in [0.1, 0.15) is 5.75 Å². The van der Waals surface area contributed by atoms with Gasteiger partial charge in [0, 0.05) is 5.41 Å². The molecule has 1 atom stereocenters. The van der Waals surface area contributed by atoms with Gasteiger partial charge in [0.25, 0.3) is 0 Å². The lowest BCUT2D eigenvalue weighted by Crippen LogP contribution is -2.28. The second-order valence-corrected chi connectivity index (χ2v) is 7.63. The van der Waals surface area contributed by atoms with E-state index in [1.165, 1.54) is 27.8 Å². The van der Waals surface area contributed by atoms with Gasteiger partial charge in [-0.25, -0.2) is 0 Å². The van der Waals surface area contributed by atoms with Gasteiger partial charge in [-0.1, -0.05) is 87.0 Å². The molecule has 0 aliphatic rings. The number of ether oxygens (including phenoxy) is 1. The molecule has 0 fully saturated rings. The summed E-state index contributed by atoms with van der Waals surface area (Å²) in [5.41, 5.74) is 6.46. The van der Waals surface area contributed by atoms with Crippen molar-refractivity contribution >= 4 is 0 Å². The number of rotatable bonds is 6. The maximum absolute atomic E-state index is 5.38.